The number of aryl methyl sites for hydroxylation is 2. The van der Waals surface area contributed by atoms with Gasteiger partial charge in [0, 0.05) is 18.5 Å². The molecule has 0 saturated heterocycles. The molecule has 20 heavy (non-hydrogen) atoms. The molecule has 0 bridgehead atoms. The number of hydrogen-bond donors (Lipinski definition) is 1. The number of benzene rings is 1. The predicted octanol–water partition coefficient (Wildman–Crippen LogP) is 3.28. The molecule has 3 rings (SSSR count). The fourth-order valence-electron chi connectivity index (χ4n) is 3.74. The Morgan fingerprint density at radius 3 is 2.80 bits per heavy atom. The van der Waals surface area contributed by atoms with Gasteiger partial charge in [0.25, 0.3) is 0 Å². The van der Waals surface area contributed by atoms with Crippen LogP contribution >= 0.6 is 0 Å². The zero-order chi connectivity index (χ0) is 13.9. The van der Waals surface area contributed by atoms with E-state index in [2.05, 4.69) is 36.6 Å². The summed E-state index contributed by atoms with van der Waals surface area (Å²) < 4.78 is 2.01. The van der Waals surface area contributed by atoms with Crippen LogP contribution in [0.3, 0.4) is 0 Å². The van der Waals surface area contributed by atoms with E-state index in [-0.39, 0.29) is 0 Å². The normalized spacial score (nSPS) is 17.9. The average Bonchev–Trinajstić information content (AvgIpc) is 3.10. The molecular weight excluding hydrogens is 246 g/mol. The Labute approximate surface area is 121 Å². The highest BCUT2D eigenvalue weighted by Crippen LogP contribution is 2.30. The van der Waals surface area contributed by atoms with E-state index in [0.717, 1.165) is 12.3 Å². The summed E-state index contributed by atoms with van der Waals surface area (Å²) in [7, 11) is 4.15. The lowest BCUT2D eigenvalue weighted by molar-refractivity contribution is 0.359. The van der Waals surface area contributed by atoms with Crippen LogP contribution in [0.15, 0.2) is 24.3 Å². The molecule has 1 aliphatic carbocycles. The van der Waals surface area contributed by atoms with Crippen LogP contribution in [-0.2, 0) is 13.5 Å². The second-order valence-electron chi connectivity index (χ2n) is 6.07. The van der Waals surface area contributed by atoms with Gasteiger partial charge in [-0.25, -0.2) is 0 Å². The van der Waals surface area contributed by atoms with Gasteiger partial charge < -0.3 is 5.32 Å². The molecule has 1 unspecified atom stereocenters. The van der Waals surface area contributed by atoms with Gasteiger partial charge in [0.2, 0.25) is 0 Å². The zero-order valence-electron chi connectivity index (χ0n) is 12.6. The highest BCUT2D eigenvalue weighted by atomic mass is 15.3. The van der Waals surface area contributed by atoms with Gasteiger partial charge in [0.05, 0.1) is 11.2 Å². The van der Waals surface area contributed by atoms with Crippen LogP contribution in [0.1, 0.15) is 37.8 Å². The van der Waals surface area contributed by atoms with Gasteiger partial charge in [-0.1, -0.05) is 31.0 Å². The van der Waals surface area contributed by atoms with Crippen molar-refractivity contribution < 1.29 is 0 Å². The minimum Gasteiger partial charge on any atom is -0.317 e. The van der Waals surface area contributed by atoms with E-state index >= 15 is 0 Å². The lowest BCUT2D eigenvalue weighted by Gasteiger charge is -2.22. The third-order valence-electron chi connectivity index (χ3n) is 4.87. The van der Waals surface area contributed by atoms with Gasteiger partial charge in [-0.3, -0.25) is 4.68 Å². The summed E-state index contributed by atoms with van der Waals surface area (Å²) in [5.41, 5.74) is 2.49. The molecule has 1 fully saturated rings. The summed E-state index contributed by atoms with van der Waals surface area (Å²) in [6.45, 7) is 0. The van der Waals surface area contributed by atoms with Crippen molar-refractivity contribution in [3.8, 4) is 0 Å². The van der Waals surface area contributed by atoms with Crippen LogP contribution in [0.25, 0.3) is 10.9 Å². The van der Waals surface area contributed by atoms with Crippen molar-refractivity contribution in [3.05, 3.63) is 30.0 Å². The SMILES string of the molecule is CNC(CCc1nn(C)c2ccccc12)C1CCCC1. The maximum Gasteiger partial charge on any atom is 0.0703 e. The van der Waals surface area contributed by atoms with E-state index in [1.807, 2.05) is 11.7 Å². The molecule has 1 aromatic carbocycles. The summed E-state index contributed by atoms with van der Waals surface area (Å²) >= 11 is 0. The van der Waals surface area contributed by atoms with Crippen LogP contribution in [0.5, 0.6) is 0 Å². The van der Waals surface area contributed by atoms with Gasteiger partial charge in [0.1, 0.15) is 0 Å². The van der Waals surface area contributed by atoms with Gasteiger partial charge in [-0.15, -0.1) is 0 Å². The topological polar surface area (TPSA) is 29.9 Å². The molecule has 2 aromatic rings. The lowest BCUT2D eigenvalue weighted by Crippen LogP contribution is -2.32. The Bertz CT molecular complexity index is 567. The summed E-state index contributed by atoms with van der Waals surface area (Å²) in [5.74, 6) is 0.870. The van der Waals surface area contributed by atoms with E-state index in [0.29, 0.717) is 6.04 Å². The first-order valence-electron chi connectivity index (χ1n) is 7.87. The molecule has 1 aromatic heterocycles. The monoisotopic (exact) mass is 271 g/mol. The minimum atomic E-state index is 0.651. The van der Waals surface area contributed by atoms with Crippen molar-refractivity contribution in [2.75, 3.05) is 7.05 Å². The fourth-order valence-corrected chi connectivity index (χ4v) is 3.74. The molecule has 3 heteroatoms. The number of nitrogens with one attached hydrogen (secondary N) is 1. The first kappa shape index (κ1) is 13.6. The molecule has 0 aliphatic heterocycles. The number of hydrogen-bond acceptors (Lipinski definition) is 2. The van der Waals surface area contributed by atoms with Gasteiger partial charge >= 0.3 is 0 Å². The fraction of sp³-hybridized carbons (Fsp3) is 0.588. The number of rotatable bonds is 5. The molecule has 1 N–H and O–H groups in total. The van der Waals surface area contributed by atoms with Crippen LogP contribution in [0, 0.1) is 5.92 Å². The first-order valence-corrected chi connectivity index (χ1v) is 7.87. The second-order valence-corrected chi connectivity index (χ2v) is 6.07. The van der Waals surface area contributed by atoms with Gasteiger partial charge in [-0.05, 0) is 44.7 Å². The summed E-state index contributed by atoms with van der Waals surface area (Å²) in [5, 5.41) is 9.56. The molecule has 0 radical (unpaired) electrons. The molecule has 3 nitrogen and oxygen atoms in total. The Hall–Kier alpha value is -1.35. The largest absolute Gasteiger partial charge is 0.317 e. The molecule has 0 amide bonds. The minimum absolute atomic E-state index is 0.651. The van der Waals surface area contributed by atoms with Gasteiger partial charge in [-0.2, -0.15) is 5.10 Å². The molecule has 108 valence electrons. The maximum atomic E-state index is 4.71. The van der Waals surface area contributed by atoms with Crippen molar-refractivity contribution in [2.24, 2.45) is 13.0 Å². The van der Waals surface area contributed by atoms with E-state index in [9.17, 15) is 0 Å². The quantitative estimate of drug-likeness (QED) is 0.904. The Morgan fingerprint density at radius 1 is 1.30 bits per heavy atom. The van der Waals surface area contributed by atoms with Crippen LogP contribution in [-0.4, -0.2) is 22.9 Å². The highest BCUT2D eigenvalue weighted by Gasteiger charge is 2.24. The number of aromatic nitrogens is 2. The van der Waals surface area contributed by atoms with E-state index in [1.165, 1.54) is 48.7 Å². The van der Waals surface area contributed by atoms with Gasteiger partial charge in [0.15, 0.2) is 0 Å². The maximum absolute atomic E-state index is 4.71. The lowest BCUT2D eigenvalue weighted by atomic mass is 9.93. The highest BCUT2D eigenvalue weighted by molar-refractivity contribution is 5.81. The van der Waals surface area contributed by atoms with Crippen molar-refractivity contribution in [3.63, 3.8) is 0 Å². The Morgan fingerprint density at radius 2 is 2.05 bits per heavy atom. The van der Waals surface area contributed by atoms with Crippen molar-refractivity contribution in [1.29, 1.82) is 0 Å². The average molecular weight is 271 g/mol. The standard InChI is InChI=1S/C17H25N3/c1-18-15(13-7-3-4-8-13)11-12-16-14-9-5-6-10-17(14)20(2)19-16/h5-6,9-10,13,15,18H,3-4,7-8,11-12H2,1-2H3. The number of nitrogens with zero attached hydrogens (tertiary/aromatic N) is 2. The molecular formula is C17H25N3. The molecule has 1 heterocycles. The Balaban J connectivity index is 1.72. The third-order valence-corrected chi connectivity index (χ3v) is 4.87. The molecule has 1 aliphatic rings. The molecule has 1 saturated carbocycles. The van der Waals surface area contributed by atoms with Crippen molar-refractivity contribution in [2.45, 2.75) is 44.6 Å². The predicted molar refractivity (Wildman–Crippen MR) is 83.8 cm³/mol. The van der Waals surface area contributed by atoms with Crippen molar-refractivity contribution in [1.82, 2.24) is 15.1 Å². The van der Waals surface area contributed by atoms with Crippen LogP contribution in [0.2, 0.25) is 0 Å². The zero-order valence-corrected chi connectivity index (χ0v) is 12.6. The van der Waals surface area contributed by atoms with Crippen LogP contribution in [0.4, 0.5) is 0 Å². The second kappa shape index (κ2) is 5.96. The third kappa shape index (κ3) is 2.59. The van der Waals surface area contributed by atoms with E-state index in [1.54, 1.807) is 0 Å². The summed E-state index contributed by atoms with van der Waals surface area (Å²) in [6.07, 6.45) is 7.89. The smallest absolute Gasteiger partial charge is 0.0703 e. The first-order chi connectivity index (χ1) is 9.79. The number of para-hydroxylation sites is 1. The molecule has 1 atom stereocenters. The Kier molecular flexibility index (Phi) is 4.06. The van der Waals surface area contributed by atoms with Crippen molar-refractivity contribution >= 4 is 10.9 Å². The van der Waals surface area contributed by atoms with Crippen LogP contribution < -0.4 is 5.32 Å². The van der Waals surface area contributed by atoms with E-state index < -0.39 is 0 Å². The number of fused-ring (bicyclic) bond motifs is 1. The molecule has 0 spiro atoms. The van der Waals surface area contributed by atoms with E-state index in [4.69, 9.17) is 5.10 Å². The summed E-state index contributed by atoms with van der Waals surface area (Å²) in [6, 6.07) is 9.20. The summed E-state index contributed by atoms with van der Waals surface area (Å²) in [4.78, 5) is 0.